The molecule has 1 heterocycles. The highest BCUT2D eigenvalue weighted by Crippen LogP contribution is 2.22. The highest BCUT2D eigenvalue weighted by molar-refractivity contribution is 5.72. The molecule has 0 saturated carbocycles. The predicted molar refractivity (Wildman–Crippen MR) is 95.6 cm³/mol. The van der Waals surface area contributed by atoms with Gasteiger partial charge in [-0.2, -0.15) is 9.72 Å². The highest BCUT2D eigenvalue weighted by atomic mass is 16.6. The number of nitro benzene ring substituents is 1. The Morgan fingerprint density at radius 2 is 1.81 bits per heavy atom. The molecule has 0 amide bonds. The second kappa shape index (κ2) is 7.01. The maximum atomic E-state index is 12.2. The van der Waals surface area contributed by atoms with E-state index in [1.807, 2.05) is 31.1 Å². The Labute approximate surface area is 148 Å². The predicted octanol–water partition coefficient (Wildman–Crippen LogP) is 2.97. The van der Waals surface area contributed by atoms with E-state index >= 15 is 0 Å². The lowest BCUT2D eigenvalue weighted by Crippen LogP contribution is -2.08. The number of non-ortho nitro benzene ring substituents is 1. The highest BCUT2D eigenvalue weighted by Gasteiger charge is 2.14. The first kappa shape index (κ1) is 17.1. The van der Waals surface area contributed by atoms with Crippen LogP contribution in [0.1, 0.15) is 5.82 Å². The molecule has 0 aliphatic carbocycles. The van der Waals surface area contributed by atoms with Gasteiger partial charge in [-0.1, -0.05) is 11.2 Å². The van der Waals surface area contributed by atoms with E-state index in [1.165, 1.54) is 24.4 Å². The van der Waals surface area contributed by atoms with Crippen molar-refractivity contribution < 1.29 is 14.2 Å². The van der Waals surface area contributed by atoms with Crippen LogP contribution in [0.2, 0.25) is 0 Å². The summed E-state index contributed by atoms with van der Waals surface area (Å²) in [5.74, 6) is 0.162. The van der Waals surface area contributed by atoms with Crippen LogP contribution in [0.3, 0.4) is 0 Å². The Bertz CT molecular complexity index is 963. The fourth-order valence-electron chi connectivity index (χ4n) is 2.23. The van der Waals surface area contributed by atoms with Crippen LogP contribution in [0, 0.1) is 15.3 Å². The van der Waals surface area contributed by atoms with Crippen LogP contribution in [-0.2, 0) is 0 Å². The molecule has 0 spiro atoms. The van der Waals surface area contributed by atoms with E-state index in [0.29, 0.717) is 16.0 Å². The molecule has 0 radical (unpaired) electrons. The van der Waals surface area contributed by atoms with Crippen molar-refractivity contribution >= 4 is 23.3 Å². The van der Waals surface area contributed by atoms with E-state index in [1.54, 1.807) is 18.2 Å². The van der Waals surface area contributed by atoms with Gasteiger partial charge < -0.3 is 14.6 Å². The van der Waals surface area contributed by atoms with Crippen molar-refractivity contribution in [3.63, 3.8) is 0 Å². The number of rotatable bonds is 5. The lowest BCUT2D eigenvalue weighted by atomic mass is 10.2. The third kappa shape index (κ3) is 3.66. The number of anilines is 1. The Hall–Kier alpha value is -3.75. The third-order valence-corrected chi connectivity index (χ3v) is 3.60. The first-order valence-electron chi connectivity index (χ1n) is 7.61. The first-order chi connectivity index (χ1) is 12.4. The minimum atomic E-state index is -0.510. The normalized spacial score (nSPS) is 11.4. The second-order valence-corrected chi connectivity index (χ2v) is 5.63. The minimum Gasteiger partial charge on any atom is -0.618 e. The van der Waals surface area contributed by atoms with Gasteiger partial charge in [-0.3, -0.25) is 10.1 Å². The molecular formula is C17H15N5O4. The summed E-state index contributed by atoms with van der Waals surface area (Å²) in [5.41, 5.74) is 1.70. The van der Waals surface area contributed by atoms with Crippen LogP contribution in [-0.4, -0.2) is 40.1 Å². The summed E-state index contributed by atoms with van der Waals surface area (Å²) in [4.78, 5) is 16.3. The van der Waals surface area contributed by atoms with Crippen molar-refractivity contribution in [3.05, 3.63) is 69.7 Å². The molecule has 0 unspecified atom stereocenters. The maximum absolute atomic E-state index is 12.2. The Kier molecular flexibility index (Phi) is 4.61. The monoisotopic (exact) mass is 353 g/mol. The van der Waals surface area contributed by atoms with Gasteiger partial charge in [0.05, 0.1) is 4.92 Å². The number of hydrogen-bond acceptors (Lipinski definition) is 7. The molecule has 9 heteroatoms. The lowest BCUT2D eigenvalue weighted by molar-refractivity contribution is -0.384. The third-order valence-electron chi connectivity index (χ3n) is 3.60. The Morgan fingerprint density at radius 1 is 1.08 bits per heavy atom. The number of nitrogens with zero attached hydrogens (tertiary/aromatic N) is 5. The van der Waals surface area contributed by atoms with Crippen molar-refractivity contribution in [2.24, 2.45) is 0 Å². The largest absolute Gasteiger partial charge is 0.618 e. The van der Waals surface area contributed by atoms with Crippen LogP contribution in [0.5, 0.6) is 0 Å². The molecule has 0 fully saturated rings. The molecule has 1 aromatic heterocycles. The molecule has 3 rings (SSSR count). The van der Waals surface area contributed by atoms with E-state index in [2.05, 4.69) is 10.1 Å². The van der Waals surface area contributed by atoms with E-state index < -0.39 is 4.92 Å². The zero-order chi connectivity index (χ0) is 18.7. The van der Waals surface area contributed by atoms with Gasteiger partial charge in [0.2, 0.25) is 11.9 Å². The van der Waals surface area contributed by atoms with Gasteiger partial charge in [-0.05, 0) is 18.2 Å². The molecule has 3 aromatic rings. The summed E-state index contributed by atoms with van der Waals surface area (Å²) < 4.78 is 5.71. The Balaban J connectivity index is 1.84. The number of hydrogen-bond donors (Lipinski definition) is 0. The van der Waals surface area contributed by atoms with Crippen LogP contribution >= 0.6 is 0 Å². The fourth-order valence-corrected chi connectivity index (χ4v) is 2.23. The van der Waals surface area contributed by atoms with Gasteiger partial charge >= 0.3 is 0 Å². The second-order valence-electron chi connectivity index (χ2n) is 5.63. The van der Waals surface area contributed by atoms with Gasteiger partial charge in [0.25, 0.3) is 17.4 Å². The van der Waals surface area contributed by atoms with Crippen LogP contribution in [0.15, 0.2) is 53.1 Å². The van der Waals surface area contributed by atoms with Gasteiger partial charge in [0.15, 0.2) is 0 Å². The molecule has 0 N–H and O–H groups in total. The molecule has 0 atom stereocenters. The standard InChI is InChI=1S/C17H15N5O4/c1-20(2)13-6-8-14(9-7-13)21(23)11-16-18-17(26-19-16)12-4-3-5-15(10-12)22(24)25/h3-11H,1-2H3/b21-11-. The van der Waals surface area contributed by atoms with E-state index in [4.69, 9.17) is 4.52 Å². The zero-order valence-corrected chi connectivity index (χ0v) is 14.1. The summed E-state index contributed by atoms with van der Waals surface area (Å²) in [6.45, 7) is 0. The summed E-state index contributed by atoms with van der Waals surface area (Å²) in [6, 6.07) is 12.8. The smallest absolute Gasteiger partial charge is 0.270 e. The minimum absolute atomic E-state index is 0.0678. The summed E-state index contributed by atoms with van der Waals surface area (Å²) in [6.07, 6.45) is 1.18. The average molecular weight is 353 g/mol. The van der Waals surface area contributed by atoms with Crippen LogP contribution in [0.4, 0.5) is 17.1 Å². The summed E-state index contributed by atoms with van der Waals surface area (Å²) in [7, 11) is 3.82. The van der Waals surface area contributed by atoms with Crippen molar-refractivity contribution in [2.45, 2.75) is 0 Å². The van der Waals surface area contributed by atoms with Crippen LogP contribution in [0.25, 0.3) is 11.5 Å². The van der Waals surface area contributed by atoms with Gasteiger partial charge in [-0.25, -0.2) is 0 Å². The summed E-state index contributed by atoms with van der Waals surface area (Å²) in [5, 5.41) is 26.8. The number of benzene rings is 2. The molecular weight excluding hydrogens is 338 g/mol. The zero-order valence-electron chi connectivity index (χ0n) is 14.1. The molecule has 0 aliphatic heterocycles. The van der Waals surface area contributed by atoms with Gasteiger partial charge in [0.1, 0.15) is 0 Å². The molecule has 26 heavy (non-hydrogen) atoms. The quantitative estimate of drug-likeness (QED) is 0.228. The molecule has 0 saturated heterocycles. The van der Waals surface area contributed by atoms with Crippen molar-refractivity contribution in [1.82, 2.24) is 10.1 Å². The lowest BCUT2D eigenvalue weighted by Gasteiger charge is -2.11. The average Bonchev–Trinajstić information content (AvgIpc) is 3.10. The van der Waals surface area contributed by atoms with Crippen molar-refractivity contribution in [2.75, 3.05) is 19.0 Å². The van der Waals surface area contributed by atoms with E-state index in [9.17, 15) is 15.3 Å². The maximum Gasteiger partial charge on any atom is 0.270 e. The molecule has 9 nitrogen and oxygen atoms in total. The van der Waals surface area contributed by atoms with Gasteiger partial charge in [-0.15, -0.1) is 0 Å². The van der Waals surface area contributed by atoms with Gasteiger partial charge in [0, 0.05) is 49.6 Å². The van der Waals surface area contributed by atoms with Crippen molar-refractivity contribution in [1.29, 1.82) is 0 Å². The first-order valence-corrected chi connectivity index (χ1v) is 7.61. The summed E-state index contributed by atoms with van der Waals surface area (Å²) >= 11 is 0. The molecule has 2 aromatic carbocycles. The van der Waals surface area contributed by atoms with E-state index in [-0.39, 0.29) is 17.4 Å². The number of aromatic nitrogens is 2. The van der Waals surface area contributed by atoms with Crippen molar-refractivity contribution in [3.8, 4) is 11.5 Å². The number of nitro groups is 1. The topological polar surface area (TPSA) is 111 Å². The van der Waals surface area contributed by atoms with Crippen LogP contribution < -0.4 is 4.90 Å². The Morgan fingerprint density at radius 3 is 2.46 bits per heavy atom. The fraction of sp³-hybridized carbons (Fsp3) is 0.118. The molecule has 0 aliphatic rings. The molecule has 132 valence electrons. The van der Waals surface area contributed by atoms with E-state index in [0.717, 1.165) is 5.69 Å². The SMILES string of the molecule is CN(C)c1ccc(/[N+]([O-])=C/c2noc(-c3cccc([N+](=O)[O-])c3)n2)cc1. The molecule has 0 bridgehead atoms.